The van der Waals surface area contributed by atoms with Gasteiger partial charge in [0.05, 0.1) is 13.2 Å². The van der Waals surface area contributed by atoms with Crippen LogP contribution in [0.4, 0.5) is 0 Å². The molecule has 0 bridgehead atoms. The number of carbonyl (C=O) groups excluding carboxylic acids is 2. The molecule has 362 valence electrons. The third-order valence-electron chi connectivity index (χ3n) is 10.2. The van der Waals surface area contributed by atoms with Crippen molar-refractivity contribution in [2.45, 2.75) is 200 Å². The summed E-state index contributed by atoms with van der Waals surface area (Å²) in [6.07, 6.45) is 59.4. The highest BCUT2D eigenvalue weighted by Crippen LogP contribution is 2.43. The first-order valence-electron chi connectivity index (χ1n) is 24.9. The van der Waals surface area contributed by atoms with Crippen LogP contribution in [0.1, 0.15) is 194 Å². The molecule has 1 N–H and O–H groups in total. The summed E-state index contributed by atoms with van der Waals surface area (Å²) < 4.78 is 33.5. The summed E-state index contributed by atoms with van der Waals surface area (Å²) in [5, 5.41) is 0. The van der Waals surface area contributed by atoms with Gasteiger partial charge >= 0.3 is 19.8 Å². The van der Waals surface area contributed by atoms with Crippen LogP contribution in [0.3, 0.4) is 0 Å². The van der Waals surface area contributed by atoms with Crippen LogP contribution in [-0.2, 0) is 32.7 Å². The number of unbranched alkanes of at least 4 members (excludes halogenated alkanes) is 17. The molecule has 0 aromatic heterocycles. The second-order valence-corrected chi connectivity index (χ2v) is 18.1. The van der Waals surface area contributed by atoms with E-state index in [4.69, 9.17) is 18.5 Å². The summed E-state index contributed by atoms with van der Waals surface area (Å²) in [7, 11) is -0.758. The summed E-state index contributed by atoms with van der Waals surface area (Å²) in [4.78, 5) is 37.1. The van der Waals surface area contributed by atoms with Crippen molar-refractivity contribution in [3.63, 3.8) is 0 Å². The summed E-state index contributed by atoms with van der Waals surface area (Å²) in [6.45, 7) is 4.12. The molecule has 0 saturated heterocycles. The average molecular weight is 902 g/mol. The maximum Gasteiger partial charge on any atom is 0.472 e. The van der Waals surface area contributed by atoms with Gasteiger partial charge < -0.3 is 19.3 Å². The topological polar surface area (TPSA) is 112 Å². The van der Waals surface area contributed by atoms with Crippen LogP contribution >= 0.6 is 7.82 Å². The molecule has 0 aliphatic rings. The predicted octanol–water partition coefficient (Wildman–Crippen LogP) is 15.0. The minimum atomic E-state index is -4.39. The van der Waals surface area contributed by atoms with E-state index in [1.807, 2.05) is 31.1 Å². The van der Waals surface area contributed by atoms with Gasteiger partial charge in [-0.05, 0) is 91.1 Å². The first-order valence-corrected chi connectivity index (χ1v) is 26.4. The molecule has 0 fully saturated rings. The summed E-state index contributed by atoms with van der Waals surface area (Å²) >= 11 is 0. The van der Waals surface area contributed by atoms with E-state index in [1.165, 1.54) is 103 Å². The second-order valence-electron chi connectivity index (χ2n) is 16.6. The number of rotatable bonds is 45. The van der Waals surface area contributed by atoms with Crippen molar-refractivity contribution in [3.05, 3.63) is 85.1 Å². The maximum atomic E-state index is 12.7. The molecule has 63 heavy (non-hydrogen) atoms. The number of phosphoric acid groups is 1. The van der Waals surface area contributed by atoms with Crippen molar-refractivity contribution < 1.29 is 37.6 Å². The number of esters is 2. The van der Waals surface area contributed by atoms with Crippen molar-refractivity contribution >= 4 is 19.8 Å². The SMILES string of the molecule is CC/C=C\C/C=C\C/C=C\C/C=C\C/C=C\C/C=C\CCC(=O)OC(COC(=O)CCCCCCCCCCCCC/C=C\CCCCCCCC)COP(=O)(O)OCCN(C)C. The van der Waals surface area contributed by atoms with Gasteiger partial charge in [-0.2, -0.15) is 0 Å². The smallest absolute Gasteiger partial charge is 0.462 e. The van der Waals surface area contributed by atoms with E-state index in [0.717, 1.165) is 57.8 Å². The molecule has 0 heterocycles. The molecule has 0 rings (SSSR count). The van der Waals surface area contributed by atoms with Gasteiger partial charge in [0.1, 0.15) is 6.61 Å². The zero-order valence-corrected chi connectivity index (χ0v) is 41.4. The second kappa shape index (κ2) is 47.2. The zero-order valence-electron chi connectivity index (χ0n) is 40.5. The Labute approximate surface area is 386 Å². The molecule has 10 heteroatoms. The molecule has 0 aromatic carbocycles. The lowest BCUT2D eigenvalue weighted by molar-refractivity contribution is -0.161. The fourth-order valence-electron chi connectivity index (χ4n) is 6.41. The standard InChI is InChI=1S/C53H92NO8P/c1-5-7-9-11-13-15-17-19-21-23-25-26-28-29-31-33-35-37-39-41-43-45-52(55)59-49-51(50-61-63(57,58)60-48-47-54(3)4)62-53(56)46-44-42-40-38-36-34-32-30-27-24-22-20-18-16-14-12-10-8-6-2/h8,10,14,16,19-22,27,30,34,36,40,42,51H,5-7,9,11-13,15,17-18,23-26,28-29,31-33,35,37-39,41,43-50H2,1-4H3,(H,57,58)/b10-8-,16-14-,21-19-,22-20-,30-27-,36-34-,42-40-. The molecule has 2 atom stereocenters. The Morgan fingerprint density at radius 3 is 1.41 bits per heavy atom. The van der Waals surface area contributed by atoms with E-state index >= 15 is 0 Å². The van der Waals surface area contributed by atoms with Crippen molar-refractivity contribution in [3.8, 4) is 0 Å². The number of likely N-dealkylation sites (N-methyl/N-ethyl adjacent to an activating group) is 1. The van der Waals surface area contributed by atoms with Crippen LogP contribution in [0.25, 0.3) is 0 Å². The number of allylic oxidation sites excluding steroid dienone is 14. The highest BCUT2D eigenvalue weighted by molar-refractivity contribution is 7.47. The summed E-state index contributed by atoms with van der Waals surface area (Å²) in [5.41, 5.74) is 0. The molecule has 0 saturated carbocycles. The molecule has 2 unspecified atom stereocenters. The fourth-order valence-corrected chi connectivity index (χ4v) is 7.16. The average Bonchev–Trinajstić information content (AvgIpc) is 3.25. The van der Waals surface area contributed by atoms with Gasteiger partial charge in [0.2, 0.25) is 0 Å². The van der Waals surface area contributed by atoms with Crippen molar-refractivity contribution in [2.24, 2.45) is 0 Å². The van der Waals surface area contributed by atoms with Gasteiger partial charge in [-0.15, -0.1) is 0 Å². The molecule has 0 aliphatic carbocycles. The molecular formula is C53H92NO8P. The predicted molar refractivity (Wildman–Crippen MR) is 266 cm³/mol. The third kappa shape index (κ3) is 48.5. The number of ether oxygens (including phenoxy) is 2. The maximum absolute atomic E-state index is 12.7. The van der Waals surface area contributed by atoms with Gasteiger partial charge in [0.15, 0.2) is 6.10 Å². The number of carbonyl (C=O) groups is 2. The van der Waals surface area contributed by atoms with Crippen LogP contribution < -0.4 is 0 Å². The summed E-state index contributed by atoms with van der Waals surface area (Å²) in [5.74, 6) is -0.904. The van der Waals surface area contributed by atoms with E-state index in [9.17, 15) is 19.0 Å². The van der Waals surface area contributed by atoms with Crippen molar-refractivity contribution in [1.29, 1.82) is 0 Å². The molecule has 0 aliphatic heterocycles. The Balaban J connectivity index is 4.31. The van der Waals surface area contributed by atoms with Gasteiger partial charge in [0, 0.05) is 19.4 Å². The lowest BCUT2D eigenvalue weighted by Crippen LogP contribution is -2.29. The zero-order chi connectivity index (χ0) is 46.2. The van der Waals surface area contributed by atoms with Crippen LogP contribution in [0.5, 0.6) is 0 Å². The molecule has 0 aromatic rings. The first-order chi connectivity index (χ1) is 30.7. The van der Waals surface area contributed by atoms with Crippen LogP contribution in [-0.4, -0.2) is 68.3 Å². The fraction of sp³-hybridized carbons (Fsp3) is 0.698. The Morgan fingerprint density at radius 1 is 0.508 bits per heavy atom. The first kappa shape index (κ1) is 60.2. The van der Waals surface area contributed by atoms with E-state index in [-0.39, 0.29) is 26.1 Å². The number of nitrogens with zero attached hydrogens (tertiary/aromatic N) is 1. The van der Waals surface area contributed by atoms with Gasteiger partial charge in [-0.25, -0.2) is 4.57 Å². The minimum absolute atomic E-state index is 0.0101. The normalized spacial score (nSPS) is 14.0. The molecule has 9 nitrogen and oxygen atoms in total. The Kier molecular flexibility index (Phi) is 45.1. The van der Waals surface area contributed by atoms with Crippen LogP contribution in [0.2, 0.25) is 0 Å². The van der Waals surface area contributed by atoms with Crippen LogP contribution in [0.15, 0.2) is 85.1 Å². The molecular weight excluding hydrogens is 810 g/mol. The Bertz CT molecular complexity index is 1320. The minimum Gasteiger partial charge on any atom is -0.462 e. The Hall–Kier alpha value is -2.81. The number of hydrogen-bond donors (Lipinski definition) is 1. The van der Waals surface area contributed by atoms with Crippen molar-refractivity contribution in [2.75, 3.05) is 40.5 Å². The highest BCUT2D eigenvalue weighted by atomic mass is 31.2. The van der Waals surface area contributed by atoms with Crippen LogP contribution in [0, 0.1) is 0 Å². The summed E-state index contributed by atoms with van der Waals surface area (Å²) in [6, 6.07) is 0. The lowest BCUT2D eigenvalue weighted by atomic mass is 10.0. The van der Waals surface area contributed by atoms with E-state index in [0.29, 0.717) is 13.0 Å². The van der Waals surface area contributed by atoms with E-state index in [1.54, 1.807) is 0 Å². The molecule has 0 amide bonds. The van der Waals surface area contributed by atoms with Gasteiger partial charge in [-0.1, -0.05) is 189 Å². The van der Waals surface area contributed by atoms with Gasteiger partial charge in [0.25, 0.3) is 0 Å². The molecule has 0 spiro atoms. The lowest BCUT2D eigenvalue weighted by Gasteiger charge is -2.20. The van der Waals surface area contributed by atoms with E-state index in [2.05, 4.69) is 86.8 Å². The monoisotopic (exact) mass is 902 g/mol. The highest BCUT2D eigenvalue weighted by Gasteiger charge is 2.26. The Morgan fingerprint density at radius 2 is 0.937 bits per heavy atom. The van der Waals surface area contributed by atoms with E-state index < -0.39 is 32.5 Å². The quantitative estimate of drug-likeness (QED) is 0.0276. The third-order valence-corrected chi connectivity index (χ3v) is 11.2. The number of hydrogen-bond acceptors (Lipinski definition) is 8. The molecule has 0 radical (unpaired) electrons. The van der Waals surface area contributed by atoms with Gasteiger partial charge in [-0.3, -0.25) is 18.6 Å². The number of phosphoric ester groups is 1. The largest absolute Gasteiger partial charge is 0.472 e. The van der Waals surface area contributed by atoms with Crippen molar-refractivity contribution in [1.82, 2.24) is 4.90 Å².